The summed E-state index contributed by atoms with van der Waals surface area (Å²) in [5.41, 5.74) is 5.06. The highest BCUT2D eigenvalue weighted by Crippen LogP contribution is 2.33. The molecule has 11 N–H and O–H groups in total. The van der Waals surface area contributed by atoms with Gasteiger partial charge < -0.3 is 45.1 Å². The third-order valence-corrected chi connectivity index (χ3v) is 6.58. The smallest absolute Gasteiger partial charge is 0.329 e. The van der Waals surface area contributed by atoms with E-state index >= 15 is 0 Å². The van der Waals surface area contributed by atoms with Crippen molar-refractivity contribution >= 4 is 23.6 Å². The molecular weight excluding hydrogens is 514 g/mol. The lowest BCUT2D eigenvalue weighted by molar-refractivity contribution is -0.326. The van der Waals surface area contributed by atoms with E-state index in [1.807, 2.05) is 13.8 Å². The Labute approximate surface area is 217 Å². The van der Waals surface area contributed by atoms with Gasteiger partial charge in [-0.3, -0.25) is 35.5 Å². The van der Waals surface area contributed by atoms with Crippen molar-refractivity contribution in [3.63, 3.8) is 0 Å². The van der Waals surface area contributed by atoms with E-state index in [9.17, 15) is 44.7 Å². The third-order valence-electron chi connectivity index (χ3n) is 6.58. The van der Waals surface area contributed by atoms with Gasteiger partial charge in [0.2, 0.25) is 5.91 Å². The molecule has 17 heteroatoms. The van der Waals surface area contributed by atoms with E-state index in [-0.39, 0.29) is 5.92 Å². The molecule has 4 amide bonds. The molecular formula is C21H37N5O12. The first-order chi connectivity index (χ1) is 17.9. The largest absolute Gasteiger partial charge is 0.394 e. The van der Waals surface area contributed by atoms with Gasteiger partial charge >= 0.3 is 11.8 Å². The summed E-state index contributed by atoms with van der Waals surface area (Å²) in [6, 6.07) is -1.00. The van der Waals surface area contributed by atoms with Crippen molar-refractivity contribution < 1.29 is 58.9 Å². The van der Waals surface area contributed by atoms with Crippen molar-refractivity contribution in [2.75, 3.05) is 6.61 Å². The predicted molar refractivity (Wildman–Crippen MR) is 124 cm³/mol. The average Bonchev–Trinajstić information content (AvgIpc) is 2.89. The molecule has 2 fully saturated rings. The molecule has 2 saturated heterocycles. The SMILES string of the molecule is CCC(CC)C1OC(CO)C(O)C(OC2OC(C(=O)NNC(=O)C(=O)NN)C(O)C(O)C2O)C1NC(C)=O. The Hall–Kier alpha value is -2.48. The summed E-state index contributed by atoms with van der Waals surface area (Å²) in [5, 5.41) is 54.5. The Morgan fingerprint density at radius 3 is 2.08 bits per heavy atom. The lowest BCUT2D eigenvalue weighted by Crippen LogP contribution is -2.69. The average molecular weight is 552 g/mol. The number of aliphatic hydroxyl groups is 5. The molecule has 17 nitrogen and oxygen atoms in total. The first-order valence-corrected chi connectivity index (χ1v) is 12.1. The summed E-state index contributed by atoms with van der Waals surface area (Å²) in [6.45, 7) is 4.41. The number of hydrogen-bond acceptors (Lipinski definition) is 13. The zero-order valence-electron chi connectivity index (χ0n) is 21.1. The van der Waals surface area contributed by atoms with Gasteiger partial charge in [-0.05, 0) is 5.92 Å². The highest BCUT2D eigenvalue weighted by molar-refractivity contribution is 6.34. The zero-order valence-corrected chi connectivity index (χ0v) is 21.1. The van der Waals surface area contributed by atoms with Crippen LogP contribution in [-0.4, -0.2) is 117 Å². The summed E-state index contributed by atoms with van der Waals surface area (Å²) in [4.78, 5) is 47.2. The number of rotatable bonds is 8. The summed E-state index contributed by atoms with van der Waals surface area (Å²) in [5.74, 6) is 0.298. The second kappa shape index (κ2) is 14.1. The van der Waals surface area contributed by atoms with Crippen LogP contribution in [0.4, 0.5) is 0 Å². The minimum Gasteiger partial charge on any atom is -0.394 e. The van der Waals surface area contributed by atoms with Crippen molar-refractivity contribution in [1.29, 1.82) is 0 Å². The third kappa shape index (κ3) is 7.13. The summed E-state index contributed by atoms with van der Waals surface area (Å²) in [6.07, 6.45) is -13.3. The Balaban J connectivity index is 2.31. The molecule has 0 bridgehead atoms. The molecule has 10 unspecified atom stereocenters. The highest BCUT2D eigenvalue weighted by atomic mass is 16.7. The first kappa shape index (κ1) is 31.7. The monoisotopic (exact) mass is 551 g/mol. The molecule has 2 rings (SSSR count). The zero-order chi connectivity index (χ0) is 28.7. The number of nitrogens with one attached hydrogen (secondary N) is 4. The fourth-order valence-corrected chi connectivity index (χ4v) is 4.49. The van der Waals surface area contributed by atoms with E-state index in [1.165, 1.54) is 12.3 Å². The van der Waals surface area contributed by atoms with Crippen molar-refractivity contribution in [2.45, 2.75) is 94.8 Å². The van der Waals surface area contributed by atoms with E-state index < -0.39 is 91.4 Å². The quantitative estimate of drug-likeness (QED) is 0.0584. The van der Waals surface area contributed by atoms with Gasteiger partial charge in [0.15, 0.2) is 12.4 Å². The molecule has 10 atom stereocenters. The van der Waals surface area contributed by atoms with Gasteiger partial charge in [0, 0.05) is 6.92 Å². The minimum absolute atomic E-state index is 0.142. The number of hydrazine groups is 2. The molecule has 0 aliphatic carbocycles. The lowest BCUT2D eigenvalue weighted by Gasteiger charge is -2.49. The molecule has 2 aliphatic heterocycles. The molecule has 2 heterocycles. The van der Waals surface area contributed by atoms with Gasteiger partial charge in [0.25, 0.3) is 5.91 Å². The van der Waals surface area contributed by atoms with Crippen LogP contribution in [-0.2, 0) is 33.4 Å². The van der Waals surface area contributed by atoms with Gasteiger partial charge in [-0.25, -0.2) is 5.84 Å². The van der Waals surface area contributed by atoms with Crippen LogP contribution < -0.4 is 27.4 Å². The van der Waals surface area contributed by atoms with Gasteiger partial charge in [-0.2, -0.15) is 0 Å². The van der Waals surface area contributed by atoms with Crippen LogP contribution in [0.25, 0.3) is 0 Å². The van der Waals surface area contributed by atoms with Crippen LogP contribution in [0.5, 0.6) is 0 Å². The summed E-state index contributed by atoms with van der Waals surface area (Å²) in [7, 11) is 0. The molecule has 2 aliphatic rings. The highest BCUT2D eigenvalue weighted by Gasteiger charge is 2.53. The van der Waals surface area contributed by atoms with Gasteiger partial charge in [0.1, 0.15) is 36.6 Å². The number of aliphatic hydroxyl groups excluding tert-OH is 5. The second-order valence-corrected chi connectivity index (χ2v) is 9.03. The van der Waals surface area contributed by atoms with E-state index in [4.69, 9.17) is 20.1 Å². The molecule has 218 valence electrons. The molecule has 0 radical (unpaired) electrons. The number of nitrogens with two attached hydrogens (primary N) is 1. The number of ether oxygens (including phenoxy) is 3. The van der Waals surface area contributed by atoms with Crippen LogP contribution in [0.1, 0.15) is 33.6 Å². The maximum Gasteiger partial charge on any atom is 0.329 e. The second-order valence-electron chi connectivity index (χ2n) is 9.03. The fourth-order valence-electron chi connectivity index (χ4n) is 4.49. The Morgan fingerprint density at radius 1 is 0.921 bits per heavy atom. The topological polar surface area (TPSA) is 271 Å². The van der Waals surface area contributed by atoms with Crippen LogP contribution in [0.15, 0.2) is 0 Å². The van der Waals surface area contributed by atoms with Crippen LogP contribution in [0.3, 0.4) is 0 Å². The fraction of sp³-hybridized carbons (Fsp3) is 0.810. The minimum atomic E-state index is -2.00. The molecule has 0 aromatic rings. The van der Waals surface area contributed by atoms with E-state index in [1.54, 1.807) is 10.9 Å². The maximum absolute atomic E-state index is 12.5. The molecule has 0 spiro atoms. The van der Waals surface area contributed by atoms with Crippen molar-refractivity contribution in [3.8, 4) is 0 Å². The van der Waals surface area contributed by atoms with E-state index in [0.717, 1.165) is 0 Å². The van der Waals surface area contributed by atoms with Crippen molar-refractivity contribution in [1.82, 2.24) is 21.6 Å². The first-order valence-electron chi connectivity index (χ1n) is 12.1. The normalized spacial score (nSPS) is 35.3. The summed E-state index contributed by atoms with van der Waals surface area (Å²) >= 11 is 0. The van der Waals surface area contributed by atoms with Crippen molar-refractivity contribution in [2.24, 2.45) is 11.8 Å². The van der Waals surface area contributed by atoms with Crippen LogP contribution in [0.2, 0.25) is 0 Å². The Morgan fingerprint density at radius 2 is 1.55 bits per heavy atom. The number of carbonyl (C=O) groups excluding carboxylic acids is 4. The Bertz CT molecular complexity index is 845. The maximum atomic E-state index is 12.5. The van der Waals surface area contributed by atoms with Crippen molar-refractivity contribution in [3.05, 3.63) is 0 Å². The van der Waals surface area contributed by atoms with Gasteiger partial charge in [-0.15, -0.1) is 0 Å². The predicted octanol–water partition coefficient (Wildman–Crippen LogP) is -5.62. The molecule has 38 heavy (non-hydrogen) atoms. The lowest BCUT2D eigenvalue weighted by atomic mass is 9.83. The number of carbonyl (C=O) groups is 4. The van der Waals surface area contributed by atoms with E-state index in [2.05, 4.69) is 5.32 Å². The summed E-state index contributed by atoms with van der Waals surface area (Å²) < 4.78 is 17.1. The van der Waals surface area contributed by atoms with E-state index in [0.29, 0.717) is 12.8 Å². The van der Waals surface area contributed by atoms with Crippen LogP contribution >= 0.6 is 0 Å². The molecule has 0 aromatic heterocycles. The molecule has 0 saturated carbocycles. The van der Waals surface area contributed by atoms with Gasteiger partial charge in [-0.1, -0.05) is 26.7 Å². The molecule has 0 aromatic carbocycles. The number of amides is 4. The number of hydrogen-bond donors (Lipinski definition) is 10. The Kier molecular flexibility index (Phi) is 11.7. The van der Waals surface area contributed by atoms with Crippen LogP contribution in [0, 0.1) is 5.92 Å². The van der Waals surface area contributed by atoms with Gasteiger partial charge in [0.05, 0.1) is 18.8 Å². The standard InChI is InChI=1S/C21H37N5O12/c1-4-8(5-2)15-10(23-7(3)28)16(11(29)9(6-27)36-15)37-21-14(32)12(30)13(31)17(38-21)18(33)25-26-20(35)19(34)24-22/h8-17,21,27,29-32H,4-6,22H2,1-3H3,(H,23,28)(H,24,34)(H,25,33)(H,26,35).